The number of anilines is 1. The van der Waals surface area contributed by atoms with Crippen molar-refractivity contribution in [2.75, 3.05) is 37.9 Å². The predicted octanol–water partition coefficient (Wildman–Crippen LogP) is 2.90. The van der Waals surface area contributed by atoms with Crippen LogP contribution in [0.25, 0.3) is 5.57 Å². The highest BCUT2D eigenvalue weighted by atomic mass is 32.2. The second-order valence-electron chi connectivity index (χ2n) is 7.34. The molecule has 0 fully saturated rings. The van der Waals surface area contributed by atoms with Gasteiger partial charge >= 0.3 is 5.97 Å². The van der Waals surface area contributed by atoms with E-state index < -0.39 is 10.0 Å². The van der Waals surface area contributed by atoms with Crippen LogP contribution >= 0.6 is 0 Å². The van der Waals surface area contributed by atoms with Crippen LogP contribution in [0.5, 0.6) is 0 Å². The molecule has 1 aromatic rings. The zero-order valence-electron chi connectivity index (χ0n) is 16.9. The lowest BCUT2D eigenvalue weighted by molar-refractivity contribution is -0.140. The van der Waals surface area contributed by atoms with Crippen molar-refractivity contribution in [3.8, 4) is 0 Å². The Kier molecular flexibility index (Phi) is 6.70. The molecule has 0 atom stereocenters. The summed E-state index contributed by atoms with van der Waals surface area (Å²) < 4.78 is 31.7. The van der Waals surface area contributed by atoms with Crippen LogP contribution in [0.4, 0.5) is 5.69 Å². The fraction of sp³-hybridized carbons (Fsp3) is 0.550. The minimum Gasteiger partial charge on any atom is -0.469 e. The van der Waals surface area contributed by atoms with Gasteiger partial charge < -0.3 is 9.64 Å². The van der Waals surface area contributed by atoms with Gasteiger partial charge in [-0.1, -0.05) is 24.3 Å². The smallest absolute Gasteiger partial charge is 0.305 e. The Morgan fingerprint density at radius 2 is 1.93 bits per heavy atom. The first-order valence-electron chi connectivity index (χ1n) is 9.22. The van der Waals surface area contributed by atoms with Crippen LogP contribution in [-0.4, -0.2) is 57.2 Å². The van der Waals surface area contributed by atoms with Crippen molar-refractivity contribution in [3.05, 3.63) is 35.9 Å². The third kappa shape index (κ3) is 4.90. The molecule has 1 aliphatic rings. The van der Waals surface area contributed by atoms with Crippen molar-refractivity contribution in [3.63, 3.8) is 0 Å². The molecule has 1 aromatic carbocycles. The molecular formula is C20H30N2O4S. The number of ether oxygens (including phenoxy) is 1. The Hall–Kier alpha value is -1.86. The van der Waals surface area contributed by atoms with Crippen LogP contribution in [0.1, 0.15) is 39.2 Å². The first-order chi connectivity index (χ1) is 12.6. The SMILES string of the molecule is CCN1c2ccccc2C(CS(=O)(=O)N(C)CCCC(=O)OC)=CC1(C)C. The molecular weight excluding hydrogens is 364 g/mol. The number of fused-ring (bicyclic) bond motifs is 1. The first kappa shape index (κ1) is 21.4. The average molecular weight is 395 g/mol. The van der Waals surface area contributed by atoms with Gasteiger partial charge in [0.25, 0.3) is 0 Å². The topological polar surface area (TPSA) is 66.9 Å². The Morgan fingerprint density at radius 1 is 1.26 bits per heavy atom. The fourth-order valence-electron chi connectivity index (χ4n) is 3.56. The summed E-state index contributed by atoms with van der Waals surface area (Å²) in [5, 5.41) is 0. The second kappa shape index (κ2) is 8.44. The third-order valence-electron chi connectivity index (χ3n) is 4.97. The number of carbonyl (C=O) groups excluding carboxylic acids is 1. The molecule has 0 aliphatic carbocycles. The molecule has 150 valence electrons. The van der Waals surface area contributed by atoms with Gasteiger partial charge in [0.1, 0.15) is 0 Å². The van der Waals surface area contributed by atoms with Crippen molar-refractivity contribution in [2.24, 2.45) is 0 Å². The second-order valence-corrected chi connectivity index (χ2v) is 9.42. The van der Waals surface area contributed by atoms with Gasteiger partial charge in [0.2, 0.25) is 10.0 Å². The quantitative estimate of drug-likeness (QED) is 0.634. The lowest BCUT2D eigenvalue weighted by Gasteiger charge is -2.43. The molecule has 0 radical (unpaired) electrons. The number of nitrogens with zero attached hydrogens (tertiary/aromatic N) is 2. The maximum Gasteiger partial charge on any atom is 0.305 e. The lowest BCUT2D eigenvalue weighted by Crippen LogP contribution is -2.45. The van der Waals surface area contributed by atoms with Crippen molar-refractivity contribution in [1.82, 2.24) is 4.31 Å². The molecule has 2 rings (SSSR count). The highest BCUT2D eigenvalue weighted by Crippen LogP contribution is 2.39. The first-order valence-corrected chi connectivity index (χ1v) is 10.8. The van der Waals surface area contributed by atoms with Crippen LogP contribution in [-0.2, 0) is 19.6 Å². The van der Waals surface area contributed by atoms with E-state index in [9.17, 15) is 13.2 Å². The van der Waals surface area contributed by atoms with E-state index in [1.807, 2.05) is 24.3 Å². The van der Waals surface area contributed by atoms with E-state index in [0.29, 0.717) is 6.42 Å². The fourth-order valence-corrected chi connectivity index (χ4v) is 4.82. The highest BCUT2D eigenvalue weighted by molar-refractivity contribution is 7.89. The van der Waals surface area contributed by atoms with Crippen LogP contribution in [0, 0.1) is 0 Å². The van der Waals surface area contributed by atoms with Crippen LogP contribution in [0.2, 0.25) is 0 Å². The van der Waals surface area contributed by atoms with E-state index in [1.54, 1.807) is 7.05 Å². The molecule has 0 N–H and O–H groups in total. The molecule has 0 spiro atoms. The maximum atomic E-state index is 12.9. The Balaban J connectivity index is 2.22. The molecule has 7 heteroatoms. The molecule has 0 bridgehead atoms. The zero-order valence-corrected chi connectivity index (χ0v) is 17.7. The van der Waals surface area contributed by atoms with Crippen molar-refractivity contribution < 1.29 is 17.9 Å². The maximum absolute atomic E-state index is 12.9. The number of methoxy groups -OCH3 is 1. The van der Waals surface area contributed by atoms with E-state index in [2.05, 4.69) is 36.5 Å². The molecule has 0 aromatic heterocycles. The number of carbonyl (C=O) groups is 1. The lowest BCUT2D eigenvalue weighted by atomic mass is 9.89. The van der Waals surface area contributed by atoms with Gasteiger partial charge in [-0.25, -0.2) is 12.7 Å². The van der Waals surface area contributed by atoms with Gasteiger partial charge in [0.15, 0.2) is 0 Å². The van der Waals surface area contributed by atoms with Crippen LogP contribution in [0.3, 0.4) is 0 Å². The summed E-state index contributed by atoms with van der Waals surface area (Å²) in [6.45, 7) is 7.42. The average Bonchev–Trinajstić information content (AvgIpc) is 2.60. The van der Waals surface area contributed by atoms with Crippen LogP contribution in [0.15, 0.2) is 30.3 Å². The summed E-state index contributed by atoms with van der Waals surface area (Å²) in [5.41, 5.74) is 2.58. The summed E-state index contributed by atoms with van der Waals surface area (Å²) in [6, 6.07) is 7.94. The Bertz CT molecular complexity index is 815. The van der Waals surface area contributed by atoms with E-state index in [0.717, 1.165) is 23.4 Å². The summed E-state index contributed by atoms with van der Waals surface area (Å²) >= 11 is 0. The number of rotatable bonds is 8. The molecule has 1 aliphatic heterocycles. The van der Waals surface area contributed by atoms with Crippen LogP contribution < -0.4 is 4.90 Å². The van der Waals surface area contributed by atoms with Gasteiger partial charge in [-0.05, 0) is 38.8 Å². The summed E-state index contributed by atoms with van der Waals surface area (Å²) in [5.74, 6) is -0.383. The van der Waals surface area contributed by atoms with Gasteiger partial charge in [0.05, 0.1) is 18.4 Å². The van der Waals surface area contributed by atoms with E-state index in [1.165, 1.54) is 11.4 Å². The predicted molar refractivity (Wildman–Crippen MR) is 109 cm³/mol. The molecule has 0 amide bonds. The summed E-state index contributed by atoms with van der Waals surface area (Å²) in [4.78, 5) is 13.5. The monoisotopic (exact) mass is 394 g/mol. The van der Waals surface area contributed by atoms with Gasteiger partial charge in [-0.3, -0.25) is 4.79 Å². The number of sulfonamides is 1. The minimum atomic E-state index is -3.49. The molecule has 0 saturated heterocycles. The highest BCUT2D eigenvalue weighted by Gasteiger charge is 2.33. The van der Waals surface area contributed by atoms with Crippen molar-refractivity contribution in [2.45, 2.75) is 39.2 Å². The van der Waals surface area contributed by atoms with E-state index in [-0.39, 0.29) is 30.2 Å². The number of para-hydroxylation sites is 1. The number of likely N-dealkylation sites (N-methyl/N-ethyl adjacent to an activating group) is 1. The molecule has 27 heavy (non-hydrogen) atoms. The number of hydrogen-bond acceptors (Lipinski definition) is 5. The van der Waals surface area contributed by atoms with Gasteiger partial charge in [-0.2, -0.15) is 0 Å². The Labute approximate surface area is 162 Å². The van der Waals surface area contributed by atoms with E-state index in [4.69, 9.17) is 0 Å². The molecule has 0 unspecified atom stereocenters. The summed E-state index contributed by atoms with van der Waals surface area (Å²) in [6.07, 6.45) is 2.70. The Morgan fingerprint density at radius 3 is 2.56 bits per heavy atom. The summed E-state index contributed by atoms with van der Waals surface area (Å²) in [7, 11) is -0.596. The minimum absolute atomic E-state index is 0.0558. The third-order valence-corrected chi connectivity index (χ3v) is 6.78. The molecule has 0 saturated carbocycles. The number of benzene rings is 1. The molecule has 1 heterocycles. The van der Waals surface area contributed by atoms with Crippen molar-refractivity contribution >= 4 is 27.3 Å². The van der Waals surface area contributed by atoms with Crippen molar-refractivity contribution in [1.29, 1.82) is 0 Å². The van der Waals surface area contributed by atoms with Gasteiger partial charge in [-0.15, -0.1) is 0 Å². The number of hydrogen-bond donors (Lipinski definition) is 0. The zero-order chi connectivity index (χ0) is 20.2. The normalized spacial score (nSPS) is 16.1. The van der Waals surface area contributed by atoms with E-state index >= 15 is 0 Å². The molecule has 6 nitrogen and oxygen atoms in total. The number of esters is 1. The standard InChI is InChI=1S/C20H30N2O4S/c1-6-22-18-11-8-7-10-17(18)16(14-20(22,2)3)15-27(24,25)21(4)13-9-12-19(23)26-5/h7-8,10-11,14H,6,9,12-13,15H2,1-5H3. The van der Waals surface area contributed by atoms with Gasteiger partial charge in [0, 0.05) is 37.8 Å². The largest absolute Gasteiger partial charge is 0.469 e.